The number of oxime groups is 1. The van der Waals surface area contributed by atoms with E-state index in [1.165, 1.54) is 0 Å². The Bertz CT molecular complexity index is 672. The van der Waals surface area contributed by atoms with Gasteiger partial charge < -0.3 is 4.84 Å². The molecule has 0 spiro atoms. The van der Waals surface area contributed by atoms with E-state index in [1.807, 2.05) is 43.4 Å². The summed E-state index contributed by atoms with van der Waals surface area (Å²) in [6, 6.07) is 20.3. The van der Waals surface area contributed by atoms with E-state index in [1.54, 1.807) is 5.06 Å². The van der Waals surface area contributed by atoms with Crippen LogP contribution in [0, 0.1) is 5.92 Å². The highest BCUT2D eigenvalue weighted by molar-refractivity contribution is 6.03. The Hall–Kier alpha value is -2.17. The maximum atomic E-state index is 5.92. The molecule has 2 aliphatic rings. The fraction of sp³-hybridized carbons (Fsp3) is 0.235. The van der Waals surface area contributed by atoms with Crippen LogP contribution >= 0.6 is 0 Å². The number of hydrogen-bond acceptors (Lipinski definition) is 4. The summed E-state index contributed by atoms with van der Waals surface area (Å²) in [5.41, 5.74) is 2.43. The van der Waals surface area contributed by atoms with E-state index >= 15 is 0 Å². The van der Waals surface area contributed by atoms with Crippen LogP contribution < -0.4 is 0 Å². The zero-order chi connectivity index (χ0) is 14.3. The van der Waals surface area contributed by atoms with Crippen LogP contribution in [0.5, 0.6) is 0 Å². The first-order valence-electron chi connectivity index (χ1n) is 7.06. The monoisotopic (exact) mass is 280 g/mol. The van der Waals surface area contributed by atoms with Crippen molar-refractivity contribution in [3.63, 3.8) is 0 Å². The number of hydroxylamine groups is 2. The van der Waals surface area contributed by atoms with Crippen molar-refractivity contribution in [2.45, 2.75) is 5.72 Å². The SMILES string of the molecule is CN1OC[C@H]2C(c3ccccc3)=NO[C@]21c1ccccc1. The fourth-order valence-corrected chi connectivity index (χ4v) is 3.16. The predicted molar refractivity (Wildman–Crippen MR) is 79.4 cm³/mol. The molecule has 0 bridgehead atoms. The van der Waals surface area contributed by atoms with E-state index in [9.17, 15) is 0 Å². The molecule has 0 saturated carbocycles. The second-order valence-corrected chi connectivity index (χ2v) is 5.34. The van der Waals surface area contributed by atoms with Gasteiger partial charge in [-0.1, -0.05) is 65.8 Å². The first-order chi connectivity index (χ1) is 10.3. The first-order valence-corrected chi connectivity index (χ1v) is 7.06. The van der Waals surface area contributed by atoms with Crippen molar-refractivity contribution < 1.29 is 9.68 Å². The Balaban J connectivity index is 1.79. The molecule has 0 amide bonds. The molecule has 2 aromatic rings. The van der Waals surface area contributed by atoms with Gasteiger partial charge in [0.05, 0.1) is 18.2 Å². The van der Waals surface area contributed by atoms with Crippen LogP contribution in [0.15, 0.2) is 65.8 Å². The van der Waals surface area contributed by atoms with Crippen LogP contribution in [0.1, 0.15) is 11.1 Å². The summed E-state index contributed by atoms with van der Waals surface area (Å²) in [5.74, 6) is 0.0623. The molecule has 2 heterocycles. The topological polar surface area (TPSA) is 34.1 Å². The van der Waals surface area contributed by atoms with Crippen LogP contribution in [-0.2, 0) is 15.4 Å². The van der Waals surface area contributed by atoms with Gasteiger partial charge in [-0.25, -0.2) is 0 Å². The fourth-order valence-electron chi connectivity index (χ4n) is 3.16. The maximum Gasteiger partial charge on any atom is 0.248 e. The van der Waals surface area contributed by atoms with Gasteiger partial charge in [0.25, 0.3) is 0 Å². The van der Waals surface area contributed by atoms with Crippen LogP contribution in [0.25, 0.3) is 0 Å². The van der Waals surface area contributed by atoms with Crippen LogP contribution in [0.2, 0.25) is 0 Å². The zero-order valence-corrected chi connectivity index (χ0v) is 11.8. The second kappa shape index (κ2) is 4.69. The lowest BCUT2D eigenvalue weighted by Gasteiger charge is -2.31. The lowest BCUT2D eigenvalue weighted by molar-refractivity contribution is -0.245. The van der Waals surface area contributed by atoms with Crippen LogP contribution in [-0.4, -0.2) is 24.4 Å². The number of benzene rings is 2. The predicted octanol–water partition coefficient (Wildman–Crippen LogP) is 2.77. The van der Waals surface area contributed by atoms with E-state index in [4.69, 9.17) is 9.68 Å². The van der Waals surface area contributed by atoms with Crippen molar-refractivity contribution in [3.8, 4) is 0 Å². The van der Waals surface area contributed by atoms with Crippen molar-refractivity contribution in [2.75, 3.05) is 13.7 Å². The largest absolute Gasteiger partial charge is 0.365 e. The Morgan fingerprint density at radius 1 is 1.05 bits per heavy atom. The van der Waals surface area contributed by atoms with Crippen molar-refractivity contribution in [3.05, 3.63) is 71.8 Å². The van der Waals surface area contributed by atoms with E-state index < -0.39 is 5.72 Å². The molecule has 4 rings (SSSR count). The molecule has 2 aliphatic heterocycles. The summed E-state index contributed by atoms with van der Waals surface area (Å²) in [4.78, 5) is 11.7. The summed E-state index contributed by atoms with van der Waals surface area (Å²) in [6.07, 6.45) is 0. The summed E-state index contributed by atoms with van der Waals surface area (Å²) in [5, 5.41) is 6.17. The molecule has 0 N–H and O–H groups in total. The van der Waals surface area contributed by atoms with Gasteiger partial charge in [-0.2, -0.15) is 0 Å². The standard InChI is InChI=1S/C17H16N2O2/c1-19-17(14-10-6-3-7-11-14)15(12-20-19)16(18-21-17)13-8-4-2-5-9-13/h2-11,15H,12H2,1H3/t15-,17+/m0/s1. The molecule has 4 nitrogen and oxygen atoms in total. The molecule has 1 saturated heterocycles. The number of nitrogens with zero attached hydrogens (tertiary/aromatic N) is 2. The molecule has 4 heteroatoms. The Morgan fingerprint density at radius 2 is 1.71 bits per heavy atom. The molecule has 0 aliphatic carbocycles. The second-order valence-electron chi connectivity index (χ2n) is 5.34. The van der Waals surface area contributed by atoms with Gasteiger partial charge in [-0.15, -0.1) is 5.06 Å². The molecular formula is C17H16N2O2. The summed E-state index contributed by atoms with van der Waals surface area (Å²) >= 11 is 0. The minimum absolute atomic E-state index is 0.0623. The zero-order valence-electron chi connectivity index (χ0n) is 11.8. The average molecular weight is 280 g/mol. The molecule has 2 atom stereocenters. The normalized spacial score (nSPS) is 28.0. The number of rotatable bonds is 2. The summed E-state index contributed by atoms with van der Waals surface area (Å²) in [7, 11) is 1.90. The average Bonchev–Trinajstić information content (AvgIpc) is 3.08. The summed E-state index contributed by atoms with van der Waals surface area (Å²) < 4.78 is 0. The molecule has 0 unspecified atom stereocenters. The van der Waals surface area contributed by atoms with Gasteiger partial charge in [0.15, 0.2) is 0 Å². The molecule has 0 aromatic heterocycles. The van der Waals surface area contributed by atoms with E-state index in [2.05, 4.69) is 29.4 Å². The lowest BCUT2D eigenvalue weighted by atomic mass is 9.85. The quantitative estimate of drug-likeness (QED) is 0.848. The van der Waals surface area contributed by atoms with E-state index in [0.717, 1.165) is 16.8 Å². The highest BCUT2D eigenvalue weighted by atomic mass is 16.8. The molecule has 21 heavy (non-hydrogen) atoms. The molecule has 2 aromatic carbocycles. The number of hydrogen-bond donors (Lipinski definition) is 0. The lowest BCUT2D eigenvalue weighted by Crippen LogP contribution is -2.43. The van der Waals surface area contributed by atoms with Gasteiger partial charge in [0.1, 0.15) is 0 Å². The van der Waals surface area contributed by atoms with Gasteiger partial charge in [0.2, 0.25) is 5.72 Å². The smallest absolute Gasteiger partial charge is 0.248 e. The van der Waals surface area contributed by atoms with Gasteiger partial charge >= 0.3 is 0 Å². The Labute approximate surface area is 123 Å². The summed E-state index contributed by atoms with van der Waals surface area (Å²) in [6.45, 7) is 0.569. The van der Waals surface area contributed by atoms with E-state index in [-0.39, 0.29) is 5.92 Å². The van der Waals surface area contributed by atoms with Crippen LogP contribution in [0.4, 0.5) is 0 Å². The minimum Gasteiger partial charge on any atom is -0.365 e. The molecule has 1 fully saturated rings. The molecule has 0 radical (unpaired) electrons. The van der Waals surface area contributed by atoms with E-state index in [0.29, 0.717) is 6.61 Å². The van der Waals surface area contributed by atoms with Crippen molar-refractivity contribution in [2.24, 2.45) is 11.1 Å². The third kappa shape index (κ3) is 1.73. The maximum absolute atomic E-state index is 5.92. The van der Waals surface area contributed by atoms with Gasteiger partial charge in [-0.05, 0) is 5.56 Å². The van der Waals surface area contributed by atoms with Crippen molar-refractivity contribution >= 4 is 5.71 Å². The minimum atomic E-state index is -0.660. The third-order valence-electron chi connectivity index (χ3n) is 4.25. The highest BCUT2D eigenvalue weighted by Crippen LogP contribution is 2.47. The third-order valence-corrected chi connectivity index (χ3v) is 4.25. The highest BCUT2D eigenvalue weighted by Gasteiger charge is 2.59. The molecular weight excluding hydrogens is 264 g/mol. The number of fused-ring (bicyclic) bond motifs is 1. The van der Waals surface area contributed by atoms with Crippen molar-refractivity contribution in [1.82, 2.24) is 5.06 Å². The Kier molecular flexibility index (Phi) is 2.80. The van der Waals surface area contributed by atoms with Gasteiger partial charge in [0, 0.05) is 12.6 Å². The molecule has 106 valence electrons. The van der Waals surface area contributed by atoms with Crippen molar-refractivity contribution in [1.29, 1.82) is 0 Å². The van der Waals surface area contributed by atoms with Gasteiger partial charge in [-0.3, -0.25) is 4.84 Å². The van der Waals surface area contributed by atoms with Crippen LogP contribution in [0.3, 0.4) is 0 Å². The Morgan fingerprint density at radius 3 is 2.43 bits per heavy atom. The first kappa shape index (κ1) is 12.6.